The van der Waals surface area contributed by atoms with Gasteiger partial charge in [-0.15, -0.1) is 0 Å². The summed E-state index contributed by atoms with van der Waals surface area (Å²) in [7, 11) is 2.20. The van der Waals surface area contributed by atoms with Crippen LogP contribution in [0.5, 0.6) is 0 Å². The molecule has 3 aromatic rings. The molecule has 5 rings (SSSR count). The van der Waals surface area contributed by atoms with Crippen molar-refractivity contribution in [3.05, 3.63) is 77.0 Å². The maximum atomic E-state index is 3.89. The van der Waals surface area contributed by atoms with Crippen molar-refractivity contribution < 1.29 is 0 Å². The molecule has 2 N–H and O–H groups in total. The van der Waals surface area contributed by atoms with Gasteiger partial charge in [-0.2, -0.15) is 0 Å². The predicted molar refractivity (Wildman–Crippen MR) is 122 cm³/mol. The van der Waals surface area contributed by atoms with Gasteiger partial charge in [0, 0.05) is 41.8 Å². The topological polar surface area (TPSA) is 31.1 Å². The lowest BCUT2D eigenvalue weighted by Gasteiger charge is -2.27. The smallest absolute Gasteiger partial charge is 0.0480 e. The molecule has 0 saturated carbocycles. The first-order valence-electron chi connectivity index (χ1n) is 11.0. The molecule has 0 bridgehead atoms. The van der Waals surface area contributed by atoms with E-state index in [0.717, 1.165) is 19.5 Å². The Morgan fingerprint density at radius 2 is 1.97 bits per heavy atom. The molecule has 150 valence electrons. The molecule has 1 aromatic heterocycles. The first kappa shape index (κ1) is 18.7. The van der Waals surface area contributed by atoms with Gasteiger partial charge in [0.05, 0.1) is 0 Å². The van der Waals surface area contributed by atoms with Gasteiger partial charge in [-0.25, -0.2) is 0 Å². The normalized spacial score (nSPS) is 21.0. The molecule has 2 heterocycles. The first-order chi connectivity index (χ1) is 14.2. The van der Waals surface area contributed by atoms with Crippen LogP contribution in [0, 0.1) is 0 Å². The minimum absolute atomic E-state index is 0.346. The molecule has 2 aliphatic rings. The average molecular weight is 386 g/mol. The highest BCUT2D eigenvalue weighted by Crippen LogP contribution is 2.37. The Labute approximate surface area is 173 Å². The number of H-pyrrole nitrogens is 1. The van der Waals surface area contributed by atoms with E-state index in [1.165, 1.54) is 58.1 Å². The van der Waals surface area contributed by atoms with E-state index in [9.17, 15) is 0 Å². The van der Waals surface area contributed by atoms with Gasteiger partial charge in [-0.1, -0.05) is 42.5 Å². The van der Waals surface area contributed by atoms with Crippen LogP contribution < -0.4 is 5.32 Å². The minimum atomic E-state index is 0.346. The number of aryl methyl sites for hydroxylation is 1. The van der Waals surface area contributed by atoms with E-state index in [4.69, 9.17) is 0 Å². The number of fused-ring (bicyclic) bond motifs is 3. The van der Waals surface area contributed by atoms with Crippen molar-refractivity contribution in [3.8, 4) is 0 Å². The van der Waals surface area contributed by atoms with Gasteiger partial charge in [0.25, 0.3) is 0 Å². The molecular formula is C26H31N3. The molecule has 29 heavy (non-hydrogen) atoms. The van der Waals surface area contributed by atoms with Gasteiger partial charge in [-0.3, -0.25) is 0 Å². The Kier molecular flexibility index (Phi) is 5.03. The van der Waals surface area contributed by atoms with Crippen molar-refractivity contribution in [1.29, 1.82) is 0 Å². The Morgan fingerprint density at radius 3 is 2.76 bits per heavy atom. The third-order valence-corrected chi connectivity index (χ3v) is 6.74. The monoisotopic (exact) mass is 385 g/mol. The minimum Gasteiger partial charge on any atom is -0.357 e. The summed E-state index contributed by atoms with van der Waals surface area (Å²) in [5.41, 5.74) is 8.48. The van der Waals surface area contributed by atoms with E-state index >= 15 is 0 Å². The predicted octanol–water partition coefficient (Wildman–Crippen LogP) is 5.62. The Hall–Kier alpha value is -2.36. The van der Waals surface area contributed by atoms with Crippen molar-refractivity contribution in [3.63, 3.8) is 0 Å². The van der Waals surface area contributed by atoms with Crippen molar-refractivity contribution in [2.75, 3.05) is 20.1 Å². The number of nitrogens with zero attached hydrogens (tertiary/aromatic N) is 1. The number of aromatic amines is 1. The zero-order valence-corrected chi connectivity index (χ0v) is 17.5. The van der Waals surface area contributed by atoms with E-state index < -0.39 is 0 Å². The van der Waals surface area contributed by atoms with E-state index in [-0.39, 0.29) is 0 Å². The molecule has 0 radical (unpaired) electrons. The second kappa shape index (κ2) is 7.81. The van der Waals surface area contributed by atoms with Crippen LogP contribution in [0.3, 0.4) is 0 Å². The summed E-state index contributed by atoms with van der Waals surface area (Å²) < 4.78 is 0. The fourth-order valence-corrected chi connectivity index (χ4v) is 5.00. The number of hydrogen-bond donors (Lipinski definition) is 2. The molecule has 0 amide bonds. The lowest BCUT2D eigenvalue weighted by molar-refractivity contribution is 0.370. The summed E-state index contributed by atoms with van der Waals surface area (Å²) >= 11 is 0. The molecular weight excluding hydrogens is 354 g/mol. The molecule has 0 spiro atoms. The van der Waals surface area contributed by atoms with Crippen molar-refractivity contribution in [2.24, 2.45) is 0 Å². The van der Waals surface area contributed by atoms with Crippen LogP contribution in [-0.4, -0.2) is 30.0 Å². The van der Waals surface area contributed by atoms with Crippen LogP contribution in [0.1, 0.15) is 60.7 Å². The largest absolute Gasteiger partial charge is 0.357 e. The van der Waals surface area contributed by atoms with Gasteiger partial charge in [0.15, 0.2) is 0 Å². The Balaban J connectivity index is 1.45. The van der Waals surface area contributed by atoms with Crippen LogP contribution in [0.15, 0.2) is 54.6 Å². The molecule has 1 aliphatic heterocycles. The fraction of sp³-hybridized carbons (Fsp3) is 0.385. The van der Waals surface area contributed by atoms with Crippen molar-refractivity contribution in [1.82, 2.24) is 15.2 Å². The third-order valence-electron chi connectivity index (χ3n) is 6.74. The quantitative estimate of drug-likeness (QED) is 0.611. The SMILES string of the molecule is C[C@@H](NC1CCCc2c1[nH]c1ccc(C3=CCN(C)CC3)cc21)c1ccccc1. The number of hydrogen-bond acceptors (Lipinski definition) is 2. The maximum absolute atomic E-state index is 3.89. The summed E-state index contributed by atoms with van der Waals surface area (Å²) in [6, 6.07) is 18.5. The highest BCUT2D eigenvalue weighted by Gasteiger charge is 2.26. The summed E-state index contributed by atoms with van der Waals surface area (Å²) in [5.74, 6) is 0. The maximum Gasteiger partial charge on any atom is 0.0480 e. The highest BCUT2D eigenvalue weighted by atomic mass is 15.1. The Morgan fingerprint density at radius 1 is 1.10 bits per heavy atom. The molecule has 3 nitrogen and oxygen atoms in total. The van der Waals surface area contributed by atoms with E-state index in [1.807, 2.05) is 0 Å². The number of aromatic nitrogens is 1. The standard InChI is InChI=1S/C26H31N3/c1-18(19-7-4-3-5-8-19)27-25-10-6-9-22-23-17-21(11-12-24(23)28-26(22)25)20-13-15-29(2)16-14-20/h3-5,7-8,11-13,17-18,25,27-28H,6,9-10,14-16H2,1-2H3/t18-,25?/m1/s1. The highest BCUT2D eigenvalue weighted by molar-refractivity contribution is 5.88. The zero-order valence-electron chi connectivity index (χ0n) is 17.5. The number of nitrogens with one attached hydrogen (secondary N) is 2. The molecule has 0 saturated heterocycles. The van der Waals surface area contributed by atoms with Gasteiger partial charge in [0.1, 0.15) is 0 Å². The van der Waals surface area contributed by atoms with Gasteiger partial charge in [0.2, 0.25) is 0 Å². The van der Waals surface area contributed by atoms with Crippen LogP contribution in [-0.2, 0) is 6.42 Å². The van der Waals surface area contributed by atoms with E-state index in [2.05, 4.69) is 83.8 Å². The summed E-state index contributed by atoms with van der Waals surface area (Å²) in [4.78, 5) is 6.15. The van der Waals surface area contributed by atoms with Gasteiger partial charge < -0.3 is 15.2 Å². The molecule has 2 aromatic carbocycles. The Bertz CT molecular complexity index is 1030. The second-order valence-electron chi connectivity index (χ2n) is 8.76. The van der Waals surface area contributed by atoms with Crippen LogP contribution >= 0.6 is 0 Å². The molecule has 1 aliphatic carbocycles. The number of benzene rings is 2. The molecule has 3 heteroatoms. The molecule has 2 atom stereocenters. The summed E-state index contributed by atoms with van der Waals surface area (Å²) in [6.07, 6.45) is 7.17. The van der Waals surface area contributed by atoms with Gasteiger partial charge in [-0.05, 0) is 74.1 Å². The van der Waals surface area contributed by atoms with Crippen LogP contribution in [0.4, 0.5) is 0 Å². The first-order valence-corrected chi connectivity index (χ1v) is 11.0. The average Bonchev–Trinajstić information content (AvgIpc) is 3.14. The summed E-state index contributed by atoms with van der Waals surface area (Å²) in [5, 5.41) is 5.31. The summed E-state index contributed by atoms with van der Waals surface area (Å²) in [6.45, 7) is 4.48. The number of rotatable bonds is 4. The van der Waals surface area contributed by atoms with Crippen LogP contribution in [0.25, 0.3) is 16.5 Å². The molecule has 1 unspecified atom stereocenters. The third kappa shape index (κ3) is 3.65. The van der Waals surface area contributed by atoms with Gasteiger partial charge >= 0.3 is 0 Å². The lowest BCUT2D eigenvalue weighted by atomic mass is 9.90. The molecule has 0 fully saturated rings. The fourth-order valence-electron chi connectivity index (χ4n) is 5.00. The second-order valence-corrected chi connectivity index (χ2v) is 8.76. The van der Waals surface area contributed by atoms with E-state index in [1.54, 1.807) is 0 Å². The van der Waals surface area contributed by atoms with Crippen molar-refractivity contribution in [2.45, 2.75) is 44.7 Å². The lowest BCUT2D eigenvalue weighted by Crippen LogP contribution is -2.27. The van der Waals surface area contributed by atoms with Crippen LogP contribution in [0.2, 0.25) is 0 Å². The zero-order chi connectivity index (χ0) is 19.8. The van der Waals surface area contributed by atoms with E-state index in [0.29, 0.717) is 12.1 Å². The number of likely N-dealkylation sites (N-methyl/N-ethyl adjacent to an activating group) is 1. The van der Waals surface area contributed by atoms with Crippen molar-refractivity contribution >= 4 is 16.5 Å².